The van der Waals surface area contributed by atoms with Crippen LogP contribution in [0.5, 0.6) is 0 Å². The van der Waals surface area contributed by atoms with E-state index in [9.17, 15) is 5.11 Å². The minimum Gasteiger partial charge on any atom is -0.394 e. The number of aryl methyl sites for hydroxylation is 2. The van der Waals surface area contributed by atoms with Crippen molar-refractivity contribution in [2.75, 3.05) is 31.6 Å². The Labute approximate surface area is 111 Å². The smallest absolute Gasteiger partial charge is 0.0627 e. The zero-order chi connectivity index (χ0) is 13.8. The number of rotatable bonds is 6. The van der Waals surface area contributed by atoms with E-state index in [0.717, 1.165) is 13.1 Å². The summed E-state index contributed by atoms with van der Waals surface area (Å²) in [5.74, 6) is 0. The first-order valence-electron chi connectivity index (χ1n) is 6.56. The molecule has 102 valence electrons. The van der Waals surface area contributed by atoms with Crippen molar-refractivity contribution in [3.63, 3.8) is 0 Å². The Bertz CT molecular complexity index is 392. The highest BCUT2D eigenvalue weighted by Crippen LogP contribution is 2.21. The van der Waals surface area contributed by atoms with Crippen molar-refractivity contribution in [3.8, 4) is 0 Å². The topological polar surface area (TPSA) is 35.5 Å². The first-order valence-corrected chi connectivity index (χ1v) is 6.56. The van der Waals surface area contributed by atoms with Crippen molar-refractivity contribution in [3.05, 3.63) is 29.3 Å². The highest BCUT2D eigenvalue weighted by molar-refractivity contribution is 5.54. The average molecular weight is 250 g/mol. The van der Waals surface area contributed by atoms with Crippen LogP contribution in [0.1, 0.15) is 25.0 Å². The van der Waals surface area contributed by atoms with Gasteiger partial charge in [-0.3, -0.25) is 0 Å². The van der Waals surface area contributed by atoms with Crippen molar-refractivity contribution in [2.45, 2.75) is 33.2 Å². The molecular formula is C15H26N2O. The van der Waals surface area contributed by atoms with Crippen LogP contribution in [0.4, 0.5) is 5.69 Å². The maximum Gasteiger partial charge on any atom is 0.0627 e. The molecule has 0 saturated heterocycles. The molecule has 0 aliphatic carbocycles. The van der Waals surface area contributed by atoms with Gasteiger partial charge in [0.05, 0.1) is 12.1 Å². The van der Waals surface area contributed by atoms with Crippen LogP contribution in [0.25, 0.3) is 0 Å². The number of aliphatic hydroxyl groups excluding tert-OH is 1. The van der Waals surface area contributed by atoms with Gasteiger partial charge in [-0.1, -0.05) is 24.6 Å². The number of benzene rings is 1. The predicted molar refractivity (Wildman–Crippen MR) is 78.4 cm³/mol. The van der Waals surface area contributed by atoms with Crippen molar-refractivity contribution in [2.24, 2.45) is 0 Å². The van der Waals surface area contributed by atoms with Crippen molar-refractivity contribution in [1.29, 1.82) is 0 Å². The normalized spacial score (nSPS) is 14.3. The lowest BCUT2D eigenvalue weighted by molar-refractivity contribution is 0.181. The quantitative estimate of drug-likeness (QED) is 0.811. The lowest BCUT2D eigenvalue weighted by Gasteiger charge is -2.34. The Hall–Kier alpha value is -1.06. The van der Waals surface area contributed by atoms with Gasteiger partial charge >= 0.3 is 0 Å². The van der Waals surface area contributed by atoms with E-state index in [0.29, 0.717) is 0 Å². The molecule has 0 amide bonds. The van der Waals surface area contributed by atoms with Crippen LogP contribution in [-0.4, -0.2) is 37.4 Å². The summed E-state index contributed by atoms with van der Waals surface area (Å²) >= 11 is 0. The number of anilines is 1. The molecule has 0 aromatic heterocycles. The Balaban J connectivity index is 2.83. The molecular weight excluding hydrogens is 224 g/mol. The van der Waals surface area contributed by atoms with Gasteiger partial charge in [0, 0.05) is 19.3 Å². The number of hydrogen-bond acceptors (Lipinski definition) is 3. The number of nitrogens with zero attached hydrogens (tertiary/aromatic N) is 1. The van der Waals surface area contributed by atoms with Crippen molar-refractivity contribution < 1.29 is 5.11 Å². The third kappa shape index (κ3) is 3.72. The molecule has 1 aromatic rings. The molecule has 0 fully saturated rings. The maximum absolute atomic E-state index is 9.54. The fourth-order valence-corrected chi connectivity index (χ4v) is 2.43. The molecule has 1 aromatic carbocycles. The van der Waals surface area contributed by atoms with E-state index >= 15 is 0 Å². The highest BCUT2D eigenvalue weighted by Gasteiger charge is 2.24. The first-order chi connectivity index (χ1) is 8.41. The maximum atomic E-state index is 9.54. The van der Waals surface area contributed by atoms with E-state index < -0.39 is 0 Å². The third-order valence-corrected chi connectivity index (χ3v) is 3.30. The molecule has 0 heterocycles. The predicted octanol–water partition coefficient (Wildman–Crippen LogP) is 2.10. The van der Waals surface area contributed by atoms with E-state index in [1.807, 2.05) is 0 Å². The second kappa shape index (κ2) is 6.21. The summed E-state index contributed by atoms with van der Waals surface area (Å²) in [5.41, 5.74) is 3.51. The van der Waals surface area contributed by atoms with Gasteiger partial charge in [0.1, 0.15) is 0 Å². The summed E-state index contributed by atoms with van der Waals surface area (Å²) < 4.78 is 0. The van der Waals surface area contributed by atoms with E-state index in [1.54, 1.807) is 0 Å². The average Bonchev–Trinajstić information content (AvgIpc) is 2.28. The second-order valence-corrected chi connectivity index (χ2v) is 5.40. The van der Waals surface area contributed by atoms with Crippen LogP contribution in [0, 0.1) is 13.8 Å². The second-order valence-electron chi connectivity index (χ2n) is 5.40. The fraction of sp³-hybridized carbons (Fsp3) is 0.600. The zero-order valence-electron chi connectivity index (χ0n) is 12.2. The molecule has 0 bridgehead atoms. The van der Waals surface area contributed by atoms with Crippen molar-refractivity contribution in [1.82, 2.24) is 5.32 Å². The Morgan fingerprint density at radius 2 is 2.00 bits per heavy atom. The monoisotopic (exact) mass is 250 g/mol. The van der Waals surface area contributed by atoms with Crippen LogP contribution in [0.3, 0.4) is 0 Å². The molecule has 0 aliphatic rings. The zero-order valence-corrected chi connectivity index (χ0v) is 12.2. The van der Waals surface area contributed by atoms with E-state index in [4.69, 9.17) is 0 Å². The van der Waals surface area contributed by atoms with Crippen LogP contribution in [-0.2, 0) is 0 Å². The van der Waals surface area contributed by atoms with Crippen molar-refractivity contribution >= 4 is 5.69 Å². The molecule has 0 saturated carbocycles. The molecule has 3 nitrogen and oxygen atoms in total. The van der Waals surface area contributed by atoms with E-state index in [-0.39, 0.29) is 12.1 Å². The van der Waals surface area contributed by atoms with E-state index in [1.165, 1.54) is 16.8 Å². The molecule has 1 unspecified atom stereocenters. The fourth-order valence-electron chi connectivity index (χ4n) is 2.43. The summed E-state index contributed by atoms with van der Waals surface area (Å²) in [4.78, 5) is 2.20. The molecule has 2 N–H and O–H groups in total. The molecule has 0 radical (unpaired) electrons. The van der Waals surface area contributed by atoms with Gasteiger partial charge in [-0.25, -0.2) is 0 Å². The SMILES string of the molecule is CCNC(C)(CO)CN(C)c1ccc(C)cc1C. The highest BCUT2D eigenvalue weighted by atomic mass is 16.3. The summed E-state index contributed by atoms with van der Waals surface area (Å²) in [7, 11) is 2.07. The summed E-state index contributed by atoms with van der Waals surface area (Å²) in [5, 5.41) is 12.9. The molecule has 0 aliphatic heterocycles. The van der Waals surface area contributed by atoms with Crippen LogP contribution < -0.4 is 10.2 Å². The standard InChI is InChI=1S/C15H26N2O/c1-6-16-15(4,11-18)10-17(5)14-8-7-12(2)9-13(14)3/h7-9,16,18H,6,10-11H2,1-5H3. The first kappa shape index (κ1) is 15.0. The van der Waals surface area contributed by atoms with E-state index in [2.05, 4.69) is 63.2 Å². The lowest BCUT2D eigenvalue weighted by Crippen LogP contribution is -2.53. The Morgan fingerprint density at radius 1 is 1.33 bits per heavy atom. The van der Waals surface area contributed by atoms with Gasteiger partial charge in [-0.2, -0.15) is 0 Å². The third-order valence-electron chi connectivity index (χ3n) is 3.30. The molecule has 1 rings (SSSR count). The van der Waals surface area contributed by atoms with Gasteiger partial charge < -0.3 is 15.3 Å². The largest absolute Gasteiger partial charge is 0.394 e. The van der Waals surface area contributed by atoms with Gasteiger partial charge in [0.15, 0.2) is 0 Å². The molecule has 1 atom stereocenters. The van der Waals surface area contributed by atoms with Gasteiger partial charge in [-0.05, 0) is 38.9 Å². The lowest BCUT2D eigenvalue weighted by atomic mass is 10.0. The summed E-state index contributed by atoms with van der Waals surface area (Å²) in [6, 6.07) is 6.46. The number of aliphatic hydroxyl groups is 1. The van der Waals surface area contributed by atoms with Crippen LogP contribution >= 0.6 is 0 Å². The van der Waals surface area contributed by atoms with Crippen LogP contribution in [0.15, 0.2) is 18.2 Å². The Kier molecular flexibility index (Phi) is 5.17. The number of likely N-dealkylation sites (N-methyl/N-ethyl adjacent to an activating group) is 2. The molecule has 3 heteroatoms. The van der Waals surface area contributed by atoms with Gasteiger partial charge in [-0.15, -0.1) is 0 Å². The number of hydrogen-bond donors (Lipinski definition) is 2. The minimum atomic E-state index is -0.263. The minimum absolute atomic E-state index is 0.135. The Morgan fingerprint density at radius 3 is 2.50 bits per heavy atom. The van der Waals surface area contributed by atoms with Crippen LogP contribution in [0.2, 0.25) is 0 Å². The summed E-state index contributed by atoms with van der Waals surface area (Å²) in [6.45, 7) is 10.1. The van der Waals surface area contributed by atoms with Gasteiger partial charge in [0.2, 0.25) is 0 Å². The van der Waals surface area contributed by atoms with Gasteiger partial charge in [0.25, 0.3) is 0 Å². The molecule has 18 heavy (non-hydrogen) atoms. The summed E-state index contributed by atoms with van der Waals surface area (Å²) in [6.07, 6.45) is 0. The number of nitrogens with one attached hydrogen (secondary N) is 1. The molecule has 0 spiro atoms.